The molecule has 0 aliphatic rings. The first-order valence-electron chi connectivity index (χ1n) is 5.94. The van der Waals surface area contributed by atoms with Gasteiger partial charge in [-0.2, -0.15) is 16.6 Å². The first-order valence-corrected chi connectivity index (χ1v) is 6.88. The molecule has 1 unspecified atom stereocenters. The fraction of sp³-hybridized carbons (Fsp3) is 0.267. The Morgan fingerprint density at radius 1 is 1.28 bits per heavy atom. The van der Waals surface area contributed by atoms with Crippen LogP contribution in [0.25, 0.3) is 0 Å². The fourth-order valence-corrected chi connectivity index (χ4v) is 2.64. The van der Waals surface area contributed by atoms with Crippen LogP contribution in [-0.2, 0) is 6.54 Å². The Hall–Kier alpha value is -1.63. The molecule has 0 aliphatic heterocycles. The van der Waals surface area contributed by atoms with Gasteiger partial charge in [0.25, 0.3) is 0 Å². The zero-order valence-corrected chi connectivity index (χ0v) is 11.2. The predicted molar refractivity (Wildman–Crippen MR) is 75.4 cm³/mol. The lowest BCUT2D eigenvalue weighted by Crippen LogP contribution is -2.23. The van der Waals surface area contributed by atoms with Crippen molar-refractivity contribution in [3.05, 3.63) is 58.3 Å². The number of nitrogens with zero attached hydrogens (tertiary/aromatic N) is 2. The number of thiophene rings is 1. The van der Waals surface area contributed by atoms with Gasteiger partial charge >= 0.3 is 0 Å². The van der Waals surface area contributed by atoms with E-state index in [-0.39, 0.29) is 5.92 Å². The van der Waals surface area contributed by atoms with E-state index in [1.54, 1.807) is 11.3 Å². The van der Waals surface area contributed by atoms with Crippen LogP contribution in [-0.4, -0.2) is 18.5 Å². The topological polar surface area (TPSA) is 27.0 Å². The molecule has 1 heterocycles. The highest BCUT2D eigenvalue weighted by atomic mass is 32.1. The first kappa shape index (κ1) is 12.8. The number of rotatable bonds is 5. The van der Waals surface area contributed by atoms with Crippen molar-refractivity contribution in [3.8, 4) is 6.07 Å². The average Bonchev–Trinajstić information content (AvgIpc) is 2.90. The summed E-state index contributed by atoms with van der Waals surface area (Å²) in [5.74, 6) is -0.0603. The minimum Gasteiger partial charge on any atom is -0.300 e. The maximum absolute atomic E-state index is 9.28. The first-order chi connectivity index (χ1) is 8.79. The van der Waals surface area contributed by atoms with Crippen molar-refractivity contribution >= 4 is 11.3 Å². The van der Waals surface area contributed by atoms with Crippen molar-refractivity contribution < 1.29 is 0 Å². The third-order valence-corrected chi connectivity index (χ3v) is 3.62. The number of hydrogen-bond acceptors (Lipinski definition) is 3. The lowest BCUT2D eigenvalue weighted by molar-refractivity contribution is 0.320. The molecule has 0 saturated heterocycles. The van der Waals surface area contributed by atoms with Gasteiger partial charge in [0.15, 0.2) is 0 Å². The van der Waals surface area contributed by atoms with Crippen LogP contribution in [0, 0.1) is 11.3 Å². The fourth-order valence-electron chi connectivity index (χ4n) is 1.98. The molecule has 92 valence electrons. The largest absolute Gasteiger partial charge is 0.300 e. The quantitative estimate of drug-likeness (QED) is 0.819. The second kappa shape index (κ2) is 6.34. The summed E-state index contributed by atoms with van der Waals surface area (Å²) in [4.78, 5) is 2.20. The van der Waals surface area contributed by atoms with E-state index in [1.807, 2.05) is 30.3 Å². The highest BCUT2D eigenvalue weighted by Crippen LogP contribution is 2.17. The minimum atomic E-state index is -0.0603. The lowest BCUT2D eigenvalue weighted by Gasteiger charge is -2.19. The van der Waals surface area contributed by atoms with Gasteiger partial charge in [0.05, 0.1) is 12.0 Å². The number of nitriles is 1. The molecule has 1 aromatic heterocycles. The Bertz CT molecular complexity index is 499. The summed E-state index contributed by atoms with van der Waals surface area (Å²) >= 11 is 1.71. The Kier molecular flexibility index (Phi) is 4.52. The summed E-state index contributed by atoms with van der Waals surface area (Å²) in [5, 5.41) is 13.5. The maximum Gasteiger partial charge on any atom is 0.0839 e. The van der Waals surface area contributed by atoms with Crippen molar-refractivity contribution in [3.63, 3.8) is 0 Å². The van der Waals surface area contributed by atoms with Crippen LogP contribution in [0.15, 0.2) is 47.2 Å². The van der Waals surface area contributed by atoms with E-state index in [1.165, 1.54) is 5.56 Å². The zero-order valence-electron chi connectivity index (χ0n) is 10.4. The molecule has 2 nitrogen and oxygen atoms in total. The van der Waals surface area contributed by atoms with Crippen molar-refractivity contribution in [1.29, 1.82) is 5.26 Å². The molecule has 0 fully saturated rings. The molecule has 1 atom stereocenters. The molecular formula is C15H16N2S. The molecule has 0 aliphatic carbocycles. The zero-order chi connectivity index (χ0) is 12.8. The van der Waals surface area contributed by atoms with Crippen molar-refractivity contribution in [2.75, 3.05) is 13.6 Å². The third-order valence-electron chi connectivity index (χ3n) is 2.88. The van der Waals surface area contributed by atoms with E-state index in [9.17, 15) is 5.26 Å². The number of hydrogen-bond donors (Lipinski definition) is 0. The molecule has 0 bridgehead atoms. The van der Waals surface area contributed by atoms with Crippen LogP contribution >= 0.6 is 11.3 Å². The third kappa shape index (κ3) is 3.43. The highest BCUT2D eigenvalue weighted by Gasteiger charge is 2.13. The van der Waals surface area contributed by atoms with E-state index in [4.69, 9.17) is 0 Å². The van der Waals surface area contributed by atoms with Gasteiger partial charge in [-0.05, 0) is 35.0 Å². The normalized spacial score (nSPS) is 12.3. The number of benzene rings is 1. The monoisotopic (exact) mass is 256 g/mol. The van der Waals surface area contributed by atoms with Crippen LogP contribution in [0.5, 0.6) is 0 Å². The Morgan fingerprint density at radius 3 is 2.67 bits per heavy atom. The highest BCUT2D eigenvalue weighted by molar-refractivity contribution is 7.07. The van der Waals surface area contributed by atoms with Gasteiger partial charge < -0.3 is 4.90 Å². The summed E-state index contributed by atoms with van der Waals surface area (Å²) in [5.41, 5.74) is 2.41. The molecule has 0 N–H and O–H groups in total. The van der Waals surface area contributed by atoms with Crippen LogP contribution < -0.4 is 0 Å². The van der Waals surface area contributed by atoms with Gasteiger partial charge in [0.1, 0.15) is 0 Å². The van der Waals surface area contributed by atoms with Gasteiger partial charge in [0.2, 0.25) is 0 Å². The Morgan fingerprint density at radius 2 is 2.06 bits per heavy atom. The van der Waals surface area contributed by atoms with Crippen LogP contribution in [0.3, 0.4) is 0 Å². The van der Waals surface area contributed by atoms with Crippen LogP contribution in [0.2, 0.25) is 0 Å². The Labute approximate surface area is 112 Å². The van der Waals surface area contributed by atoms with E-state index in [0.717, 1.165) is 18.7 Å². The van der Waals surface area contributed by atoms with Gasteiger partial charge in [-0.3, -0.25) is 0 Å². The molecule has 0 spiro atoms. The second-order valence-electron chi connectivity index (χ2n) is 4.42. The second-order valence-corrected chi connectivity index (χ2v) is 5.20. The van der Waals surface area contributed by atoms with E-state index in [2.05, 4.69) is 34.8 Å². The molecule has 0 saturated carbocycles. The Balaban J connectivity index is 1.97. The SMILES string of the molecule is CN(Cc1ccsc1)CC(C#N)c1ccccc1. The molecule has 3 heteroatoms. The molecule has 18 heavy (non-hydrogen) atoms. The average molecular weight is 256 g/mol. The molecular weight excluding hydrogens is 240 g/mol. The standard InChI is InChI=1S/C15H16N2S/c1-17(10-13-7-8-18-12-13)11-15(9-16)14-5-3-2-4-6-14/h2-8,12,15H,10-11H2,1H3. The van der Waals surface area contributed by atoms with Crippen LogP contribution in [0.4, 0.5) is 0 Å². The van der Waals surface area contributed by atoms with Gasteiger partial charge in [0, 0.05) is 13.1 Å². The van der Waals surface area contributed by atoms with Gasteiger partial charge in [-0.1, -0.05) is 30.3 Å². The van der Waals surface area contributed by atoms with Crippen LogP contribution in [0.1, 0.15) is 17.0 Å². The molecule has 1 aromatic carbocycles. The summed E-state index contributed by atoms with van der Waals surface area (Å²) < 4.78 is 0. The van der Waals surface area contributed by atoms with Crippen molar-refractivity contribution in [1.82, 2.24) is 4.90 Å². The molecule has 2 aromatic rings. The summed E-state index contributed by atoms with van der Waals surface area (Å²) in [6, 6.07) is 14.5. The predicted octanol–water partition coefficient (Wildman–Crippen LogP) is 3.49. The molecule has 2 rings (SSSR count). The summed E-state index contributed by atoms with van der Waals surface area (Å²) in [6.45, 7) is 1.66. The summed E-state index contributed by atoms with van der Waals surface area (Å²) in [6.07, 6.45) is 0. The molecule has 0 amide bonds. The van der Waals surface area contributed by atoms with Crippen molar-refractivity contribution in [2.45, 2.75) is 12.5 Å². The van der Waals surface area contributed by atoms with E-state index < -0.39 is 0 Å². The maximum atomic E-state index is 9.28. The minimum absolute atomic E-state index is 0.0603. The van der Waals surface area contributed by atoms with Gasteiger partial charge in [-0.25, -0.2) is 0 Å². The van der Waals surface area contributed by atoms with E-state index >= 15 is 0 Å². The van der Waals surface area contributed by atoms with Gasteiger partial charge in [-0.15, -0.1) is 0 Å². The van der Waals surface area contributed by atoms with E-state index in [0.29, 0.717) is 0 Å². The lowest BCUT2D eigenvalue weighted by atomic mass is 10.0. The smallest absolute Gasteiger partial charge is 0.0839 e. The number of likely N-dealkylation sites (N-methyl/N-ethyl adjacent to an activating group) is 1. The van der Waals surface area contributed by atoms with Crippen molar-refractivity contribution in [2.24, 2.45) is 0 Å². The molecule has 0 radical (unpaired) electrons. The summed E-state index contributed by atoms with van der Waals surface area (Å²) in [7, 11) is 2.06.